The third-order valence-electron chi connectivity index (χ3n) is 1.75. The fourth-order valence-corrected chi connectivity index (χ4v) is 1.71. The third kappa shape index (κ3) is 2.03. The predicted octanol–water partition coefficient (Wildman–Crippen LogP) is 1.60. The van der Waals surface area contributed by atoms with Crippen molar-refractivity contribution in [1.82, 2.24) is 10.2 Å². The van der Waals surface area contributed by atoms with Gasteiger partial charge in [-0.05, 0) is 32.9 Å². The van der Waals surface area contributed by atoms with Crippen LogP contribution in [0.15, 0.2) is 17.2 Å². The Labute approximate surface area is 78.4 Å². The van der Waals surface area contributed by atoms with E-state index < -0.39 is 9.73 Å². The van der Waals surface area contributed by atoms with Gasteiger partial charge >= 0.3 is 0 Å². The second-order valence-corrected chi connectivity index (χ2v) is 5.72. The first-order valence-corrected chi connectivity index (χ1v) is 5.64. The highest BCUT2D eigenvalue weighted by Gasteiger charge is 2.16. The lowest BCUT2D eigenvalue weighted by Gasteiger charge is -2.08. The van der Waals surface area contributed by atoms with Crippen LogP contribution in [-0.2, 0) is 9.73 Å². The molecule has 0 radical (unpaired) electrons. The Hall–Kier alpha value is -0.970. The molecule has 0 saturated carbocycles. The maximum absolute atomic E-state index is 11.8. The van der Waals surface area contributed by atoms with E-state index in [0.29, 0.717) is 0 Å². The SMILES string of the molecule is Cc1ccc(S(=N)(=O)C(C)C)nn1. The molecule has 1 atom stereocenters. The van der Waals surface area contributed by atoms with Gasteiger partial charge < -0.3 is 0 Å². The summed E-state index contributed by atoms with van der Waals surface area (Å²) < 4.78 is 19.4. The molecule has 1 aromatic rings. The molecule has 0 spiro atoms. The fraction of sp³-hybridized carbons (Fsp3) is 0.500. The van der Waals surface area contributed by atoms with Gasteiger partial charge in [-0.1, -0.05) is 0 Å². The van der Waals surface area contributed by atoms with E-state index in [1.807, 2.05) is 0 Å². The van der Waals surface area contributed by atoms with Crippen LogP contribution < -0.4 is 0 Å². The first-order chi connectivity index (χ1) is 5.94. The van der Waals surface area contributed by atoms with Crippen molar-refractivity contribution >= 4 is 9.73 Å². The summed E-state index contributed by atoms with van der Waals surface area (Å²) in [5.41, 5.74) is 0.766. The van der Waals surface area contributed by atoms with Gasteiger partial charge in [-0.15, -0.1) is 5.10 Å². The zero-order valence-electron chi connectivity index (χ0n) is 7.94. The van der Waals surface area contributed by atoms with Crippen molar-refractivity contribution in [2.75, 3.05) is 0 Å². The molecule has 5 heteroatoms. The van der Waals surface area contributed by atoms with Crippen LogP contribution in [0.1, 0.15) is 19.5 Å². The van der Waals surface area contributed by atoms with E-state index in [1.165, 1.54) is 0 Å². The normalized spacial score (nSPS) is 15.7. The van der Waals surface area contributed by atoms with Crippen LogP contribution in [0.5, 0.6) is 0 Å². The molecule has 1 aromatic heterocycles. The number of aromatic nitrogens is 2. The highest BCUT2D eigenvalue weighted by molar-refractivity contribution is 7.92. The van der Waals surface area contributed by atoms with Gasteiger partial charge in [-0.2, -0.15) is 5.10 Å². The summed E-state index contributed by atoms with van der Waals surface area (Å²) in [7, 11) is -2.77. The van der Waals surface area contributed by atoms with Crippen LogP contribution in [0.25, 0.3) is 0 Å². The standard InChI is InChI=1S/C8H13N3OS/c1-6(2)13(9,12)8-5-4-7(3)10-11-8/h4-6,9H,1-3H3. The molecule has 0 amide bonds. The van der Waals surface area contributed by atoms with E-state index in [0.717, 1.165) is 5.69 Å². The van der Waals surface area contributed by atoms with Crippen molar-refractivity contribution in [3.63, 3.8) is 0 Å². The molecule has 0 fully saturated rings. The smallest absolute Gasteiger partial charge is 0.158 e. The van der Waals surface area contributed by atoms with Gasteiger partial charge in [0.15, 0.2) is 5.03 Å². The van der Waals surface area contributed by atoms with Crippen LogP contribution in [0.3, 0.4) is 0 Å². The van der Waals surface area contributed by atoms with E-state index in [-0.39, 0.29) is 10.3 Å². The monoisotopic (exact) mass is 199 g/mol. The molecule has 0 aromatic carbocycles. The minimum Gasteiger partial charge on any atom is -0.247 e. The summed E-state index contributed by atoms with van der Waals surface area (Å²) in [5, 5.41) is 7.58. The molecule has 13 heavy (non-hydrogen) atoms. The maximum atomic E-state index is 11.8. The number of hydrogen-bond donors (Lipinski definition) is 1. The summed E-state index contributed by atoms with van der Waals surface area (Å²) in [6.07, 6.45) is 0. The second-order valence-electron chi connectivity index (χ2n) is 3.16. The first-order valence-electron chi connectivity index (χ1n) is 4.02. The van der Waals surface area contributed by atoms with Gasteiger partial charge in [0.1, 0.15) is 0 Å². The molecule has 0 saturated heterocycles. The average molecular weight is 199 g/mol. The van der Waals surface area contributed by atoms with Crippen LogP contribution in [0.4, 0.5) is 0 Å². The van der Waals surface area contributed by atoms with Crippen molar-refractivity contribution in [1.29, 1.82) is 4.78 Å². The Morgan fingerprint density at radius 1 is 1.38 bits per heavy atom. The Kier molecular flexibility index (Phi) is 2.66. The van der Waals surface area contributed by atoms with Gasteiger partial charge in [-0.25, -0.2) is 8.99 Å². The Morgan fingerprint density at radius 2 is 2.00 bits per heavy atom. The largest absolute Gasteiger partial charge is 0.247 e. The van der Waals surface area contributed by atoms with E-state index in [9.17, 15) is 4.21 Å². The minimum atomic E-state index is -2.77. The molecule has 0 bridgehead atoms. The van der Waals surface area contributed by atoms with Crippen molar-refractivity contribution in [2.24, 2.45) is 0 Å². The molecule has 1 heterocycles. The summed E-state index contributed by atoms with van der Waals surface area (Å²) in [6, 6.07) is 3.33. The Morgan fingerprint density at radius 3 is 2.38 bits per heavy atom. The van der Waals surface area contributed by atoms with E-state index >= 15 is 0 Å². The van der Waals surface area contributed by atoms with E-state index in [1.54, 1.807) is 32.9 Å². The number of rotatable bonds is 2. The lowest BCUT2D eigenvalue weighted by Crippen LogP contribution is -2.14. The third-order valence-corrected chi connectivity index (χ3v) is 3.91. The van der Waals surface area contributed by atoms with Crippen molar-refractivity contribution in [2.45, 2.75) is 31.0 Å². The van der Waals surface area contributed by atoms with Crippen molar-refractivity contribution < 1.29 is 4.21 Å². The van der Waals surface area contributed by atoms with Crippen LogP contribution >= 0.6 is 0 Å². The van der Waals surface area contributed by atoms with Gasteiger partial charge in [0.25, 0.3) is 0 Å². The van der Waals surface area contributed by atoms with Crippen LogP contribution in [-0.4, -0.2) is 19.7 Å². The van der Waals surface area contributed by atoms with Gasteiger partial charge in [-0.3, -0.25) is 0 Å². The highest BCUT2D eigenvalue weighted by atomic mass is 32.2. The lowest BCUT2D eigenvalue weighted by atomic mass is 10.4. The fourth-order valence-electron chi connectivity index (χ4n) is 0.790. The second kappa shape index (κ2) is 3.41. The molecule has 72 valence electrons. The van der Waals surface area contributed by atoms with Gasteiger partial charge in [0, 0.05) is 5.25 Å². The lowest BCUT2D eigenvalue weighted by molar-refractivity contribution is 0.660. The summed E-state index contributed by atoms with van der Waals surface area (Å²) in [6.45, 7) is 5.30. The maximum Gasteiger partial charge on any atom is 0.158 e. The molecule has 0 aliphatic heterocycles. The van der Waals surface area contributed by atoms with E-state index in [4.69, 9.17) is 4.78 Å². The summed E-state index contributed by atoms with van der Waals surface area (Å²) in [5.74, 6) is 0. The Bertz CT molecular complexity index is 380. The summed E-state index contributed by atoms with van der Waals surface area (Å²) >= 11 is 0. The zero-order valence-corrected chi connectivity index (χ0v) is 8.76. The number of nitrogens with one attached hydrogen (secondary N) is 1. The van der Waals surface area contributed by atoms with E-state index in [2.05, 4.69) is 10.2 Å². The van der Waals surface area contributed by atoms with Gasteiger partial charge in [0.2, 0.25) is 0 Å². The summed E-state index contributed by atoms with van der Waals surface area (Å²) in [4.78, 5) is 0. The molecule has 0 aliphatic rings. The molecule has 1 unspecified atom stereocenters. The predicted molar refractivity (Wildman–Crippen MR) is 51.0 cm³/mol. The molecule has 1 N–H and O–H groups in total. The average Bonchev–Trinajstić information content (AvgIpc) is 2.04. The highest BCUT2D eigenvalue weighted by Crippen LogP contribution is 2.12. The molecular formula is C8H13N3OS. The van der Waals surface area contributed by atoms with Crippen LogP contribution in [0.2, 0.25) is 0 Å². The number of aryl methyl sites for hydroxylation is 1. The van der Waals surface area contributed by atoms with Crippen molar-refractivity contribution in [3.05, 3.63) is 17.8 Å². The minimum absolute atomic E-state index is 0.232. The topological polar surface area (TPSA) is 66.7 Å². The number of hydrogen-bond acceptors (Lipinski definition) is 4. The first kappa shape index (κ1) is 10.1. The Balaban J connectivity index is 3.17. The quantitative estimate of drug-likeness (QED) is 0.786. The van der Waals surface area contributed by atoms with Crippen LogP contribution in [0, 0.1) is 11.7 Å². The van der Waals surface area contributed by atoms with Crippen molar-refractivity contribution in [3.8, 4) is 0 Å². The zero-order chi connectivity index (χ0) is 10.1. The van der Waals surface area contributed by atoms with Gasteiger partial charge in [0.05, 0.1) is 15.4 Å². The number of nitrogens with zero attached hydrogens (tertiary/aromatic N) is 2. The molecule has 4 nitrogen and oxygen atoms in total. The molecule has 0 aliphatic carbocycles. The molecule has 1 rings (SSSR count). The molecular weight excluding hydrogens is 186 g/mol.